The number of carbonyl (C=O) groups is 1. The van der Waals surface area contributed by atoms with Gasteiger partial charge in [0.15, 0.2) is 5.15 Å². The third-order valence-corrected chi connectivity index (χ3v) is 1.59. The molecule has 0 spiro atoms. The van der Waals surface area contributed by atoms with E-state index in [1.165, 1.54) is 7.11 Å². The predicted molar refractivity (Wildman–Crippen MR) is 41.6 cm³/mol. The van der Waals surface area contributed by atoms with Gasteiger partial charge >= 0.3 is 12.2 Å². The number of carbonyl (C=O) groups excluding carboxylic acids is 1. The first-order valence-corrected chi connectivity index (χ1v) is 3.56. The summed E-state index contributed by atoms with van der Waals surface area (Å²) in [4.78, 5) is 16.5. The van der Waals surface area contributed by atoms with Crippen LogP contribution in [0.25, 0.3) is 0 Å². The first-order valence-electron chi connectivity index (χ1n) is 2.80. The number of halogens is 2. The Morgan fingerprint density at radius 1 is 1.58 bits per heavy atom. The molecule has 66 valence electrons. The molecule has 0 saturated heterocycles. The van der Waals surface area contributed by atoms with Gasteiger partial charge in [0.1, 0.15) is 5.15 Å². The molecule has 1 aromatic rings. The van der Waals surface area contributed by atoms with Gasteiger partial charge in [-0.3, -0.25) is 4.98 Å². The summed E-state index contributed by atoms with van der Waals surface area (Å²) in [7, 11) is 1.18. The molecule has 7 heteroatoms. The van der Waals surface area contributed by atoms with Crippen molar-refractivity contribution in [1.29, 1.82) is 0 Å². The molecule has 5 nitrogen and oxygen atoms in total. The van der Waals surface area contributed by atoms with Crippen molar-refractivity contribution in [3.63, 3.8) is 0 Å². The number of H-pyrrole nitrogens is 1. The van der Waals surface area contributed by atoms with E-state index in [1.807, 2.05) is 0 Å². The maximum Gasteiger partial charge on any atom is 0.516 e. The number of imidazole rings is 1. The summed E-state index contributed by atoms with van der Waals surface area (Å²) >= 11 is 10.9. The zero-order chi connectivity index (χ0) is 9.14. The average molecular weight is 211 g/mol. The Labute approximate surface area is 77.6 Å². The van der Waals surface area contributed by atoms with Gasteiger partial charge in [0.2, 0.25) is 0 Å². The van der Waals surface area contributed by atoms with Crippen LogP contribution in [0.4, 0.5) is 4.79 Å². The van der Waals surface area contributed by atoms with Crippen LogP contribution in [0, 0.1) is 0 Å². The molecule has 1 aromatic heterocycles. The number of methoxy groups -OCH3 is 1. The van der Waals surface area contributed by atoms with E-state index in [0.717, 1.165) is 0 Å². The Hall–Kier alpha value is -0.940. The van der Waals surface area contributed by atoms with Gasteiger partial charge in [-0.2, -0.15) is 4.98 Å². The van der Waals surface area contributed by atoms with E-state index in [9.17, 15) is 4.79 Å². The van der Waals surface area contributed by atoms with Crippen molar-refractivity contribution in [1.82, 2.24) is 9.97 Å². The summed E-state index contributed by atoms with van der Waals surface area (Å²) in [6.07, 6.45) is -0.892. The third-order valence-electron chi connectivity index (χ3n) is 0.944. The molecule has 1 rings (SSSR count). The number of hydrogen-bond donors (Lipinski definition) is 1. The molecule has 0 aliphatic rings. The molecule has 0 atom stereocenters. The van der Waals surface area contributed by atoms with Crippen LogP contribution in [0.1, 0.15) is 0 Å². The normalized spacial score (nSPS) is 9.58. The van der Waals surface area contributed by atoms with E-state index in [1.54, 1.807) is 0 Å². The van der Waals surface area contributed by atoms with Gasteiger partial charge in [0.05, 0.1) is 7.11 Å². The van der Waals surface area contributed by atoms with E-state index in [0.29, 0.717) is 0 Å². The maximum atomic E-state index is 10.5. The highest BCUT2D eigenvalue weighted by molar-refractivity contribution is 6.40. The fraction of sp³-hybridized carbons (Fsp3) is 0.200. The van der Waals surface area contributed by atoms with E-state index < -0.39 is 6.16 Å². The van der Waals surface area contributed by atoms with E-state index >= 15 is 0 Å². The largest absolute Gasteiger partial charge is 0.516 e. The number of aromatic nitrogens is 2. The molecule has 12 heavy (non-hydrogen) atoms. The minimum Gasteiger partial charge on any atom is -0.437 e. The van der Waals surface area contributed by atoms with Gasteiger partial charge < -0.3 is 9.47 Å². The molecule has 0 aromatic carbocycles. The lowest BCUT2D eigenvalue weighted by molar-refractivity contribution is 0.118. The van der Waals surface area contributed by atoms with E-state index in [-0.39, 0.29) is 16.3 Å². The Morgan fingerprint density at radius 3 is 2.67 bits per heavy atom. The predicted octanol–water partition coefficient (Wildman–Crippen LogP) is 1.86. The van der Waals surface area contributed by atoms with Crippen LogP contribution in [0.15, 0.2) is 0 Å². The average Bonchev–Trinajstić information content (AvgIpc) is 2.31. The van der Waals surface area contributed by atoms with Crippen LogP contribution in [-0.4, -0.2) is 23.2 Å². The number of nitrogens with zero attached hydrogens (tertiary/aromatic N) is 1. The summed E-state index contributed by atoms with van der Waals surface area (Å²) in [6, 6.07) is -0.100. The van der Waals surface area contributed by atoms with Crippen molar-refractivity contribution < 1.29 is 14.3 Å². The van der Waals surface area contributed by atoms with Gasteiger partial charge in [-0.05, 0) is 0 Å². The zero-order valence-corrected chi connectivity index (χ0v) is 7.44. The molecule has 0 bridgehead atoms. The SMILES string of the molecule is COC(=O)Oc1nc(Cl)c(Cl)[nH]1. The minimum absolute atomic E-state index is 0.0376. The maximum absolute atomic E-state index is 10.5. The molecular weight excluding hydrogens is 207 g/mol. The topological polar surface area (TPSA) is 64.2 Å². The first kappa shape index (κ1) is 9.15. The van der Waals surface area contributed by atoms with Crippen molar-refractivity contribution in [2.45, 2.75) is 0 Å². The molecule has 0 amide bonds. The van der Waals surface area contributed by atoms with Crippen molar-refractivity contribution in [2.75, 3.05) is 7.11 Å². The summed E-state index contributed by atoms with van der Waals surface area (Å²) < 4.78 is 8.66. The minimum atomic E-state index is -0.892. The molecule has 0 unspecified atom stereocenters. The van der Waals surface area contributed by atoms with Gasteiger partial charge in [0, 0.05) is 0 Å². The Morgan fingerprint density at radius 2 is 2.25 bits per heavy atom. The summed E-state index contributed by atoms with van der Waals surface area (Å²) in [6.45, 7) is 0. The molecule has 1 heterocycles. The summed E-state index contributed by atoms with van der Waals surface area (Å²) in [5.41, 5.74) is 0. The molecule has 0 fully saturated rings. The highest BCUT2D eigenvalue weighted by Gasteiger charge is 2.10. The first-order chi connectivity index (χ1) is 5.63. The fourth-order valence-corrected chi connectivity index (χ4v) is 0.728. The van der Waals surface area contributed by atoms with Gasteiger partial charge in [-0.1, -0.05) is 23.2 Å². The van der Waals surface area contributed by atoms with Gasteiger partial charge in [-0.15, -0.1) is 0 Å². The molecule has 0 aliphatic heterocycles. The van der Waals surface area contributed by atoms with Gasteiger partial charge in [0.25, 0.3) is 0 Å². The Kier molecular flexibility index (Phi) is 2.78. The number of nitrogens with one attached hydrogen (secondary N) is 1. The number of aromatic amines is 1. The van der Waals surface area contributed by atoms with Crippen LogP contribution in [0.2, 0.25) is 10.3 Å². The molecule has 0 aliphatic carbocycles. The Balaban J connectivity index is 2.70. The second-order valence-electron chi connectivity index (χ2n) is 1.70. The second kappa shape index (κ2) is 3.64. The molecular formula is C5H4Cl2N2O3. The number of hydrogen-bond acceptors (Lipinski definition) is 4. The van der Waals surface area contributed by atoms with E-state index in [2.05, 4.69) is 19.4 Å². The van der Waals surface area contributed by atoms with Crippen LogP contribution < -0.4 is 4.74 Å². The lowest BCUT2D eigenvalue weighted by atomic mass is 10.9. The van der Waals surface area contributed by atoms with Crippen LogP contribution in [-0.2, 0) is 4.74 Å². The molecule has 1 N–H and O–H groups in total. The lowest BCUT2D eigenvalue weighted by Gasteiger charge is -1.95. The highest BCUT2D eigenvalue weighted by atomic mass is 35.5. The van der Waals surface area contributed by atoms with E-state index in [4.69, 9.17) is 23.2 Å². The van der Waals surface area contributed by atoms with Crippen molar-refractivity contribution in [3.05, 3.63) is 10.3 Å². The van der Waals surface area contributed by atoms with Crippen molar-refractivity contribution in [2.24, 2.45) is 0 Å². The van der Waals surface area contributed by atoms with Crippen LogP contribution in [0.5, 0.6) is 6.01 Å². The van der Waals surface area contributed by atoms with Crippen molar-refractivity contribution >= 4 is 29.4 Å². The number of rotatable bonds is 1. The number of ether oxygens (including phenoxy) is 2. The standard InChI is InChI=1S/C5H4Cl2N2O3/c1-11-5(10)12-4-8-2(6)3(7)9-4/h1H3,(H,8,9). The monoisotopic (exact) mass is 210 g/mol. The highest BCUT2D eigenvalue weighted by Crippen LogP contribution is 2.21. The quantitative estimate of drug-likeness (QED) is 0.720. The lowest BCUT2D eigenvalue weighted by Crippen LogP contribution is -2.08. The van der Waals surface area contributed by atoms with Crippen LogP contribution >= 0.6 is 23.2 Å². The molecule has 0 saturated carbocycles. The molecule has 0 radical (unpaired) electrons. The summed E-state index contributed by atoms with van der Waals surface area (Å²) in [5.74, 6) is 0. The van der Waals surface area contributed by atoms with Gasteiger partial charge in [-0.25, -0.2) is 4.79 Å². The van der Waals surface area contributed by atoms with Crippen molar-refractivity contribution in [3.8, 4) is 6.01 Å². The smallest absolute Gasteiger partial charge is 0.437 e. The summed E-state index contributed by atoms with van der Waals surface area (Å²) in [5, 5.41) is 0.145. The zero-order valence-electron chi connectivity index (χ0n) is 5.93. The fourth-order valence-electron chi connectivity index (χ4n) is 0.481. The Bertz CT molecular complexity index is 279. The third kappa shape index (κ3) is 2.02. The van der Waals surface area contributed by atoms with Crippen LogP contribution in [0.3, 0.4) is 0 Å². The second-order valence-corrected chi connectivity index (χ2v) is 2.44.